The summed E-state index contributed by atoms with van der Waals surface area (Å²) >= 11 is 0. The minimum atomic E-state index is -0.162. The number of fused-ring (bicyclic) bond motifs is 2. The number of hydrogen-bond donors (Lipinski definition) is 0. The SMILES string of the molecule is O=C(CCC1OCCCO1)C1CC2CCCC(C1)N2Cc1ccccc1. The first-order valence-electron chi connectivity index (χ1n) is 10.3. The van der Waals surface area contributed by atoms with Crippen LogP contribution in [0.4, 0.5) is 0 Å². The predicted octanol–water partition coefficient (Wildman–Crippen LogP) is 3.93. The smallest absolute Gasteiger partial charge is 0.157 e. The molecule has 0 aliphatic carbocycles. The summed E-state index contributed by atoms with van der Waals surface area (Å²) in [5.74, 6) is 0.667. The number of ether oxygens (including phenoxy) is 2. The van der Waals surface area contributed by atoms with Gasteiger partial charge < -0.3 is 9.47 Å². The number of rotatable bonds is 6. The molecule has 0 saturated carbocycles. The van der Waals surface area contributed by atoms with Crippen LogP contribution in [0.3, 0.4) is 0 Å². The van der Waals surface area contributed by atoms with Crippen LogP contribution in [0.5, 0.6) is 0 Å². The Morgan fingerprint density at radius 2 is 1.69 bits per heavy atom. The van der Waals surface area contributed by atoms with Crippen molar-refractivity contribution in [1.82, 2.24) is 4.90 Å². The lowest BCUT2D eigenvalue weighted by Crippen LogP contribution is -2.52. The topological polar surface area (TPSA) is 38.8 Å². The van der Waals surface area contributed by atoms with Gasteiger partial charge in [-0.25, -0.2) is 0 Å². The summed E-state index contributed by atoms with van der Waals surface area (Å²) in [6.45, 7) is 2.56. The van der Waals surface area contributed by atoms with E-state index in [1.807, 2.05) is 0 Å². The molecule has 3 heterocycles. The molecular weight excluding hydrogens is 326 g/mol. The van der Waals surface area contributed by atoms with E-state index in [0.717, 1.165) is 45.4 Å². The second-order valence-corrected chi connectivity index (χ2v) is 8.09. The van der Waals surface area contributed by atoms with Gasteiger partial charge >= 0.3 is 0 Å². The van der Waals surface area contributed by atoms with Gasteiger partial charge in [0.15, 0.2) is 6.29 Å². The Balaban J connectivity index is 1.32. The highest BCUT2D eigenvalue weighted by atomic mass is 16.7. The van der Waals surface area contributed by atoms with Crippen LogP contribution in [-0.4, -0.2) is 42.3 Å². The molecule has 4 rings (SSSR count). The van der Waals surface area contributed by atoms with Crippen LogP contribution >= 0.6 is 0 Å². The van der Waals surface area contributed by atoms with Gasteiger partial charge in [0.05, 0.1) is 13.2 Å². The highest BCUT2D eigenvalue weighted by molar-refractivity contribution is 5.81. The normalized spacial score (nSPS) is 30.2. The summed E-state index contributed by atoms with van der Waals surface area (Å²) in [6, 6.07) is 11.9. The molecule has 3 aliphatic rings. The van der Waals surface area contributed by atoms with E-state index in [-0.39, 0.29) is 12.2 Å². The van der Waals surface area contributed by atoms with E-state index < -0.39 is 0 Å². The molecule has 1 aromatic rings. The van der Waals surface area contributed by atoms with Gasteiger partial charge in [0.2, 0.25) is 0 Å². The molecule has 0 amide bonds. The van der Waals surface area contributed by atoms with Crippen LogP contribution in [0.15, 0.2) is 30.3 Å². The number of benzene rings is 1. The fourth-order valence-electron chi connectivity index (χ4n) is 4.96. The average molecular weight is 357 g/mol. The first-order valence-corrected chi connectivity index (χ1v) is 10.3. The first-order chi connectivity index (χ1) is 12.8. The molecule has 2 unspecified atom stereocenters. The Morgan fingerprint density at radius 3 is 2.38 bits per heavy atom. The Labute approximate surface area is 156 Å². The van der Waals surface area contributed by atoms with Crippen molar-refractivity contribution < 1.29 is 14.3 Å². The zero-order chi connectivity index (χ0) is 17.8. The molecule has 0 N–H and O–H groups in total. The third kappa shape index (κ3) is 4.36. The number of nitrogens with zero attached hydrogens (tertiary/aromatic N) is 1. The summed E-state index contributed by atoms with van der Waals surface area (Å²) in [7, 11) is 0. The summed E-state index contributed by atoms with van der Waals surface area (Å²) < 4.78 is 11.2. The zero-order valence-corrected chi connectivity index (χ0v) is 15.6. The maximum atomic E-state index is 12.8. The van der Waals surface area contributed by atoms with Gasteiger partial charge in [-0.3, -0.25) is 9.69 Å². The Kier molecular flexibility index (Phi) is 6.03. The largest absolute Gasteiger partial charge is 0.353 e. The van der Waals surface area contributed by atoms with E-state index in [1.54, 1.807) is 0 Å². The minimum Gasteiger partial charge on any atom is -0.353 e. The number of ketones is 1. The number of Topliss-reactive ketones (excluding diaryl/α,β-unsaturated/α-hetero) is 1. The van der Waals surface area contributed by atoms with Crippen LogP contribution in [0.2, 0.25) is 0 Å². The second-order valence-electron chi connectivity index (χ2n) is 8.09. The van der Waals surface area contributed by atoms with E-state index in [0.29, 0.717) is 24.3 Å². The molecule has 3 aliphatic heterocycles. The molecule has 2 atom stereocenters. The third-order valence-corrected chi connectivity index (χ3v) is 6.31. The van der Waals surface area contributed by atoms with Gasteiger partial charge in [0, 0.05) is 37.4 Å². The zero-order valence-electron chi connectivity index (χ0n) is 15.6. The van der Waals surface area contributed by atoms with Gasteiger partial charge in [-0.1, -0.05) is 36.8 Å². The van der Waals surface area contributed by atoms with Crippen molar-refractivity contribution in [3.05, 3.63) is 35.9 Å². The lowest BCUT2D eigenvalue weighted by atomic mass is 9.76. The quantitative estimate of drug-likeness (QED) is 0.773. The molecule has 0 spiro atoms. The third-order valence-electron chi connectivity index (χ3n) is 6.31. The van der Waals surface area contributed by atoms with Gasteiger partial charge in [-0.2, -0.15) is 0 Å². The van der Waals surface area contributed by atoms with Crippen molar-refractivity contribution >= 4 is 5.78 Å². The van der Waals surface area contributed by atoms with Crippen molar-refractivity contribution in [2.45, 2.75) is 76.3 Å². The molecule has 1 aromatic carbocycles. The van der Waals surface area contributed by atoms with E-state index in [1.165, 1.54) is 24.8 Å². The Hall–Kier alpha value is -1.23. The van der Waals surface area contributed by atoms with Crippen molar-refractivity contribution in [2.75, 3.05) is 13.2 Å². The standard InChI is InChI=1S/C22H31NO3/c24-21(10-11-22-25-12-5-13-26-22)18-14-19-8-4-9-20(15-18)23(19)16-17-6-2-1-3-7-17/h1-3,6-7,18-20,22H,4-5,8-16H2. The fraction of sp³-hybridized carbons (Fsp3) is 0.682. The highest BCUT2D eigenvalue weighted by Crippen LogP contribution is 2.38. The molecule has 4 heteroatoms. The van der Waals surface area contributed by atoms with Crippen LogP contribution in [0.1, 0.15) is 56.9 Å². The van der Waals surface area contributed by atoms with Crippen LogP contribution < -0.4 is 0 Å². The maximum Gasteiger partial charge on any atom is 0.157 e. The van der Waals surface area contributed by atoms with Gasteiger partial charge in [-0.05, 0) is 37.7 Å². The minimum absolute atomic E-state index is 0.162. The fourth-order valence-corrected chi connectivity index (χ4v) is 4.96. The van der Waals surface area contributed by atoms with Crippen molar-refractivity contribution in [1.29, 1.82) is 0 Å². The van der Waals surface area contributed by atoms with Crippen LogP contribution in [0.25, 0.3) is 0 Å². The lowest BCUT2D eigenvalue weighted by molar-refractivity contribution is -0.182. The van der Waals surface area contributed by atoms with E-state index in [2.05, 4.69) is 35.2 Å². The van der Waals surface area contributed by atoms with Crippen molar-refractivity contribution in [3.63, 3.8) is 0 Å². The number of piperidine rings is 2. The number of carbonyl (C=O) groups excluding carboxylic acids is 1. The molecule has 142 valence electrons. The highest BCUT2D eigenvalue weighted by Gasteiger charge is 2.40. The van der Waals surface area contributed by atoms with Gasteiger partial charge in [0.1, 0.15) is 5.78 Å². The molecule has 0 aromatic heterocycles. The summed E-state index contributed by atoms with van der Waals surface area (Å²) in [6.07, 6.45) is 7.99. The summed E-state index contributed by atoms with van der Waals surface area (Å²) in [5, 5.41) is 0. The molecule has 2 bridgehead atoms. The van der Waals surface area contributed by atoms with E-state index in [9.17, 15) is 4.79 Å². The lowest BCUT2D eigenvalue weighted by Gasteiger charge is -2.48. The van der Waals surface area contributed by atoms with Crippen molar-refractivity contribution in [2.24, 2.45) is 5.92 Å². The van der Waals surface area contributed by atoms with Crippen LogP contribution in [0, 0.1) is 5.92 Å². The van der Waals surface area contributed by atoms with Gasteiger partial charge in [-0.15, -0.1) is 0 Å². The molecule has 3 saturated heterocycles. The van der Waals surface area contributed by atoms with Crippen molar-refractivity contribution in [3.8, 4) is 0 Å². The summed E-state index contributed by atoms with van der Waals surface area (Å²) in [5.41, 5.74) is 1.39. The van der Waals surface area contributed by atoms with Crippen LogP contribution in [-0.2, 0) is 20.8 Å². The predicted molar refractivity (Wildman–Crippen MR) is 101 cm³/mol. The molecule has 3 fully saturated rings. The maximum absolute atomic E-state index is 12.8. The van der Waals surface area contributed by atoms with E-state index in [4.69, 9.17) is 9.47 Å². The second kappa shape index (κ2) is 8.64. The average Bonchev–Trinajstić information content (AvgIpc) is 2.67. The number of hydrogen-bond acceptors (Lipinski definition) is 4. The van der Waals surface area contributed by atoms with Gasteiger partial charge in [0.25, 0.3) is 0 Å². The summed E-state index contributed by atoms with van der Waals surface area (Å²) in [4.78, 5) is 15.5. The molecule has 4 nitrogen and oxygen atoms in total. The first kappa shape index (κ1) is 18.1. The molecule has 0 radical (unpaired) electrons. The Bertz CT molecular complexity index is 570. The molecular formula is C22H31NO3. The number of carbonyl (C=O) groups is 1. The monoisotopic (exact) mass is 357 g/mol. The molecule has 26 heavy (non-hydrogen) atoms. The van der Waals surface area contributed by atoms with E-state index >= 15 is 0 Å². The Morgan fingerprint density at radius 1 is 1.00 bits per heavy atom.